The largest absolute Gasteiger partial charge is 0.496 e. The highest BCUT2D eigenvalue weighted by molar-refractivity contribution is 7.98. The molecule has 0 bridgehead atoms. The van der Waals surface area contributed by atoms with Crippen molar-refractivity contribution in [3.05, 3.63) is 23.8 Å². The molecule has 1 aromatic carbocycles. The van der Waals surface area contributed by atoms with E-state index >= 15 is 0 Å². The second-order valence-electron chi connectivity index (χ2n) is 4.72. The summed E-state index contributed by atoms with van der Waals surface area (Å²) >= 11 is 1.52. The lowest BCUT2D eigenvalue weighted by atomic mass is 10.2. The summed E-state index contributed by atoms with van der Waals surface area (Å²) in [7, 11) is 1.46. The van der Waals surface area contributed by atoms with Crippen molar-refractivity contribution in [2.45, 2.75) is 23.8 Å². The van der Waals surface area contributed by atoms with Crippen LogP contribution in [0.4, 0.5) is 0 Å². The van der Waals surface area contributed by atoms with Gasteiger partial charge in [-0.2, -0.15) is 0 Å². The molecule has 7 nitrogen and oxygen atoms in total. The fraction of sp³-hybridized carbons (Fsp3) is 0.357. The number of hydrogen-bond donors (Lipinski definition) is 3. The molecule has 0 aliphatic heterocycles. The minimum atomic E-state index is -0.903. The van der Waals surface area contributed by atoms with E-state index in [-0.39, 0.29) is 11.6 Å². The number of hydrogen-bond acceptors (Lipinski definition) is 5. The normalized spacial score (nSPS) is 13.2. The molecule has 3 N–H and O–H groups in total. The van der Waals surface area contributed by atoms with Gasteiger partial charge in [0.1, 0.15) is 5.75 Å². The van der Waals surface area contributed by atoms with Crippen molar-refractivity contribution in [2.24, 2.45) is 0 Å². The monoisotopic (exact) mass is 323 g/mol. The van der Waals surface area contributed by atoms with Crippen LogP contribution in [-0.2, 0) is 9.59 Å². The maximum atomic E-state index is 12.0. The Bertz CT molecular complexity index is 602. The van der Waals surface area contributed by atoms with Crippen LogP contribution in [0.2, 0.25) is 0 Å². The van der Waals surface area contributed by atoms with Crippen LogP contribution in [0, 0.1) is 0 Å². The summed E-state index contributed by atoms with van der Waals surface area (Å²) in [6, 6.07) is 5.16. The molecule has 0 heterocycles. The van der Waals surface area contributed by atoms with Crippen LogP contribution in [0.5, 0.6) is 5.75 Å². The summed E-state index contributed by atoms with van der Waals surface area (Å²) in [6.07, 6.45) is 3.67. The van der Waals surface area contributed by atoms with Crippen molar-refractivity contribution in [2.75, 3.05) is 13.4 Å². The van der Waals surface area contributed by atoms with Crippen molar-refractivity contribution < 1.29 is 19.1 Å². The minimum Gasteiger partial charge on any atom is -0.496 e. The van der Waals surface area contributed by atoms with Gasteiger partial charge in [0.15, 0.2) is 0 Å². The standard InChI is InChI=1S/C14H17N3O4S/c1-21-11-7-9(22-2)5-6-10(11)12(18)16-17-14(20)13(19)15-8-3-4-8/h5-8H,3-4H2,1-2H3,(H,15,19)(H,16,18)(H,17,20). The third kappa shape index (κ3) is 4.14. The lowest BCUT2D eigenvalue weighted by Gasteiger charge is -2.11. The molecule has 1 saturated carbocycles. The molecule has 118 valence electrons. The Morgan fingerprint density at radius 2 is 1.91 bits per heavy atom. The van der Waals surface area contributed by atoms with Crippen LogP contribution in [0.25, 0.3) is 0 Å². The van der Waals surface area contributed by atoms with Gasteiger partial charge in [-0.1, -0.05) is 0 Å². The van der Waals surface area contributed by atoms with E-state index in [1.807, 2.05) is 6.26 Å². The van der Waals surface area contributed by atoms with Crippen LogP contribution in [0.3, 0.4) is 0 Å². The third-order valence-corrected chi connectivity index (χ3v) is 3.79. The number of thioether (sulfide) groups is 1. The van der Waals surface area contributed by atoms with E-state index < -0.39 is 17.7 Å². The van der Waals surface area contributed by atoms with E-state index in [4.69, 9.17) is 4.74 Å². The molecule has 3 amide bonds. The Balaban J connectivity index is 1.93. The zero-order valence-corrected chi connectivity index (χ0v) is 13.1. The van der Waals surface area contributed by atoms with E-state index in [1.54, 1.807) is 18.2 Å². The van der Waals surface area contributed by atoms with Gasteiger partial charge in [0.25, 0.3) is 5.91 Å². The zero-order chi connectivity index (χ0) is 16.1. The van der Waals surface area contributed by atoms with E-state index in [0.717, 1.165) is 17.7 Å². The van der Waals surface area contributed by atoms with Crippen LogP contribution in [-0.4, -0.2) is 37.1 Å². The van der Waals surface area contributed by atoms with Crippen molar-refractivity contribution in [3.63, 3.8) is 0 Å². The first-order valence-corrected chi connectivity index (χ1v) is 7.91. The van der Waals surface area contributed by atoms with Gasteiger partial charge in [-0.25, -0.2) is 0 Å². The number of hydrazine groups is 1. The van der Waals surface area contributed by atoms with Gasteiger partial charge in [-0.15, -0.1) is 11.8 Å². The average molecular weight is 323 g/mol. The number of ether oxygens (including phenoxy) is 1. The molecular formula is C14H17N3O4S. The Labute approximate surface area is 132 Å². The van der Waals surface area contributed by atoms with E-state index in [2.05, 4.69) is 16.2 Å². The number of rotatable bonds is 4. The van der Waals surface area contributed by atoms with Gasteiger partial charge < -0.3 is 10.1 Å². The van der Waals surface area contributed by atoms with Crippen molar-refractivity contribution in [1.29, 1.82) is 0 Å². The Kier molecular flexibility index (Phi) is 5.26. The van der Waals surface area contributed by atoms with Gasteiger partial charge in [0.05, 0.1) is 12.7 Å². The zero-order valence-electron chi connectivity index (χ0n) is 12.3. The molecule has 0 radical (unpaired) electrons. The molecule has 8 heteroatoms. The van der Waals surface area contributed by atoms with Gasteiger partial charge in [0.2, 0.25) is 0 Å². The Morgan fingerprint density at radius 1 is 1.18 bits per heavy atom. The molecule has 0 saturated heterocycles. The van der Waals surface area contributed by atoms with Crippen LogP contribution < -0.4 is 20.9 Å². The lowest BCUT2D eigenvalue weighted by Crippen LogP contribution is -2.49. The van der Waals surface area contributed by atoms with Gasteiger partial charge in [-0.3, -0.25) is 25.2 Å². The third-order valence-electron chi connectivity index (χ3n) is 3.06. The highest BCUT2D eigenvalue weighted by Crippen LogP contribution is 2.25. The number of amides is 3. The quantitative estimate of drug-likeness (QED) is 0.425. The highest BCUT2D eigenvalue weighted by atomic mass is 32.2. The molecule has 1 aliphatic rings. The number of methoxy groups -OCH3 is 1. The van der Waals surface area contributed by atoms with Crippen molar-refractivity contribution in [1.82, 2.24) is 16.2 Å². The molecule has 1 aliphatic carbocycles. The SMILES string of the molecule is COc1cc(SC)ccc1C(=O)NNC(=O)C(=O)NC1CC1. The second-order valence-corrected chi connectivity index (χ2v) is 5.60. The summed E-state index contributed by atoms with van der Waals surface area (Å²) in [6.45, 7) is 0. The number of carbonyl (C=O) groups excluding carboxylic acids is 3. The summed E-state index contributed by atoms with van der Waals surface area (Å²) in [4.78, 5) is 36.0. The van der Waals surface area contributed by atoms with Crippen LogP contribution >= 0.6 is 11.8 Å². The molecule has 1 fully saturated rings. The second kappa shape index (κ2) is 7.17. The Hall–Kier alpha value is -2.22. The molecule has 2 rings (SSSR count). The van der Waals surface area contributed by atoms with Crippen molar-refractivity contribution in [3.8, 4) is 5.75 Å². The van der Waals surface area contributed by atoms with Gasteiger partial charge >= 0.3 is 11.8 Å². The predicted octanol–water partition coefficient (Wildman–Crippen LogP) is 0.457. The van der Waals surface area contributed by atoms with Crippen LogP contribution in [0.1, 0.15) is 23.2 Å². The summed E-state index contributed by atoms with van der Waals surface area (Å²) in [5, 5.41) is 2.53. The first-order valence-electron chi connectivity index (χ1n) is 6.68. The fourth-order valence-corrected chi connectivity index (χ4v) is 2.13. The van der Waals surface area contributed by atoms with Gasteiger partial charge in [0, 0.05) is 10.9 Å². The molecule has 0 atom stereocenters. The molecule has 22 heavy (non-hydrogen) atoms. The maximum Gasteiger partial charge on any atom is 0.327 e. The summed E-state index contributed by atoms with van der Waals surface area (Å²) in [5.74, 6) is -1.83. The molecule has 0 unspecified atom stereocenters. The average Bonchev–Trinajstić information content (AvgIpc) is 3.35. The minimum absolute atomic E-state index is 0.0770. The number of nitrogens with one attached hydrogen (secondary N) is 3. The fourth-order valence-electron chi connectivity index (χ4n) is 1.70. The van der Waals surface area contributed by atoms with E-state index in [9.17, 15) is 14.4 Å². The number of carbonyl (C=O) groups is 3. The Morgan fingerprint density at radius 3 is 2.50 bits per heavy atom. The van der Waals surface area contributed by atoms with E-state index in [1.165, 1.54) is 18.9 Å². The van der Waals surface area contributed by atoms with Crippen LogP contribution in [0.15, 0.2) is 23.1 Å². The first-order chi connectivity index (χ1) is 10.5. The van der Waals surface area contributed by atoms with Gasteiger partial charge in [-0.05, 0) is 37.3 Å². The number of benzene rings is 1. The highest BCUT2D eigenvalue weighted by Gasteiger charge is 2.26. The smallest absolute Gasteiger partial charge is 0.327 e. The first kappa shape index (κ1) is 16.2. The van der Waals surface area contributed by atoms with E-state index in [0.29, 0.717) is 5.75 Å². The summed E-state index contributed by atoms with van der Waals surface area (Å²) in [5.41, 5.74) is 4.55. The molecule has 1 aromatic rings. The lowest BCUT2D eigenvalue weighted by molar-refractivity contribution is -0.139. The molecular weight excluding hydrogens is 306 g/mol. The molecule has 0 spiro atoms. The topological polar surface area (TPSA) is 96.5 Å². The maximum absolute atomic E-state index is 12.0. The predicted molar refractivity (Wildman–Crippen MR) is 81.5 cm³/mol. The molecule has 0 aromatic heterocycles. The summed E-state index contributed by atoms with van der Waals surface area (Å²) < 4.78 is 5.16. The van der Waals surface area contributed by atoms with Crippen molar-refractivity contribution >= 4 is 29.5 Å².